The summed E-state index contributed by atoms with van der Waals surface area (Å²) in [5.74, 6) is 0. The van der Waals surface area contributed by atoms with Crippen molar-refractivity contribution in [2.24, 2.45) is 0 Å². The molecule has 0 radical (unpaired) electrons. The van der Waals surface area contributed by atoms with Gasteiger partial charge in [0, 0.05) is 0 Å². The quantitative estimate of drug-likeness (QED) is 0.395. The van der Waals surface area contributed by atoms with E-state index in [1.54, 1.807) is 21.7 Å². The molecule has 0 aliphatic rings. The van der Waals surface area contributed by atoms with Gasteiger partial charge in [-0.25, -0.2) is 0 Å². The van der Waals surface area contributed by atoms with Crippen molar-refractivity contribution < 1.29 is 12.4 Å². The van der Waals surface area contributed by atoms with Crippen LogP contribution in [0, 0.1) is 0 Å². The van der Waals surface area contributed by atoms with Gasteiger partial charge in [-0.05, 0) is 0 Å². The van der Waals surface area contributed by atoms with Gasteiger partial charge in [-0.3, -0.25) is 0 Å². The van der Waals surface area contributed by atoms with E-state index in [4.69, 9.17) is 11.6 Å². The molecular weight excluding hydrogens is 249 g/mol. The Kier molecular flexibility index (Phi) is 5.24. The third kappa shape index (κ3) is 2.92. The van der Waals surface area contributed by atoms with Gasteiger partial charge >= 0.3 is 79.8 Å². The van der Waals surface area contributed by atoms with E-state index in [0.717, 1.165) is 8.30 Å². The fraction of sp³-hybridized carbons (Fsp3) is 0. The molecule has 0 amide bonds. The van der Waals surface area contributed by atoms with E-state index in [0.29, 0.717) is 5.15 Å². The Morgan fingerprint density at radius 2 is 2.10 bits per heavy atom. The molecule has 1 nitrogen and oxygen atoms in total. The summed E-state index contributed by atoms with van der Waals surface area (Å²) < 4.78 is 1.81. The molecule has 10 heavy (non-hydrogen) atoms. The number of halogens is 3. The van der Waals surface area contributed by atoms with Crippen LogP contribution in [0.3, 0.4) is 0 Å². The van der Waals surface area contributed by atoms with E-state index in [9.17, 15) is 0 Å². The van der Waals surface area contributed by atoms with Crippen LogP contribution in [-0.2, 0) is 0 Å². The second-order valence-corrected chi connectivity index (χ2v) is 3.51. The number of nitrogens with zero attached hydrogens (tertiary/aromatic N) is 1. The third-order valence-electron chi connectivity index (χ3n) is 0.861. The van der Waals surface area contributed by atoms with Gasteiger partial charge in [0.25, 0.3) is 0 Å². The molecule has 1 rings (SSSR count). The van der Waals surface area contributed by atoms with E-state index in [2.05, 4.69) is 20.9 Å². The maximum atomic E-state index is 5.66. The third-order valence-corrected chi connectivity index (χ3v) is 2.41. The van der Waals surface area contributed by atoms with Crippen LogP contribution < -0.4 is 16.2 Å². The fourth-order valence-corrected chi connectivity index (χ4v) is 1.22. The number of rotatable bonds is 0. The molecule has 50 valence electrons. The van der Waals surface area contributed by atoms with Gasteiger partial charge < -0.3 is 12.4 Å². The Labute approximate surface area is 91.5 Å². The Balaban J connectivity index is 0.000000810. The first-order valence-electron chi connectivity index (χ1n) is 2.34. The van der Waals surface area contributed by atoms with Gasteiger partial charge in [-0.2, -0.15) is 0 Å². The van der Waals surface area contributed by atoms with Crippen LogP contribution in [0.25, 0.3) is 0 Å². The topological polar surface area (TPSA) is 12.9 Å². The van der Waals surface area contributed by atoms with Crippen molar-refractivity contribution in [1.29, 1.82) is 0 Å². The first kappa shape index (κ1) is 11.0. The van der Waals surface area contributed by atoms with Crippen molar-refractivity contribution in [2.45, 2.75) is 0 Å². The average molecular weight is 251 g/mol. The molecular formula is C5H2BrCl2MgN. The van der Waals surface area contributed by atoms with Crippen molar-refractivity contribution in [3.05, 3.63) is 21.8 Å². The molecule has 1 aromatic heterocycles. The average Bonchev–Trinajstić information content (AvgIpc) is 1.80. The minimum atomic E-state index is 0. The standard InChI is InChI=1S/C5H2BrClN.ClH.Mg/c6-4-2-1-3-8-5(4)7;;/h1-2H;1H;/q;;+1/p-1. The molecule has 0 unspecified atom stereocenters. The number of pyridine rings is 1. The first-order valence-corrected chi connectivity index (χ1v) is 4.22. The second kappa shape index (κ2) is 4.77. The van der Waals surface area contributed by atoms with Gasteiger partial charge in [-0.15, -0.1) is 0 Å². The molecule has 1 aromatic rings. The van der Waals surface area contributed by atoms with Gasteiger partial charge in [0.05, 0.1) is 0 Å². The van der Waals surface area contributed by atoms with Crippen LogP contribution in [0.5, 0.6) is 0 Å². The number of hydrogen-bond acceptors (Lipinski definition) is 1. The van der Waals surface area contributed by atoms with Crippen LogP contribution in [0.4, 0.5) is 0 Å². The van der Waals surface area contributed by atoms with E-state index in [1.165, 1.54) is 0 Å². The summed E-state index contributed by atoms with van der Waals surface area (Å²) in [5, 5.41) is 0.530. The Hall–Kier alpha value is 0.976. The van der Waals surface area contributed by atoms with E-state index < -0.39 is 0 Å². The molecule has 0 N–H and O–H groups in total. The number of aromatic nitrogens is 1. The van der Waals surface area contributed by atoms with E-state index in [-0.39, 0.29) is 12.4 Å². The molecule has 0 aromatic carbocycles. The van der Waals surface area contributed by atoms with Crippen molar-refractivity contribution in [2.75, 3.05) is 0 Å². The minimum absolute atomic E-state index is 0. The van der Waals surface area contributed by atoms with E-state index in [1.807, 2.05) is 12.1 Å². The second-order valence-electron chi connectivity index (χ2n) is 1.58. The summed E-state index contributed by atoms with van der Waals surface area (Å²) >= 11 is 10.6. The number of hydrogen-bond donors (Lipinski definition) is 0. The molecule has 0 aliphatic heterocycles. The van der Waals surface area contributed by atoms with Crippen LogP contribution in [-0.4, -0.2) is 26.7 Å². The van der Waals surface area contributed by atoms with E-state index >= 15 is 0 Å². The molecule has 5 heteroatoms. The Morgan fingerprint density at radius 1 is 1.50 bits per heavy atom. The fourth-order valence-electron chi connectivity index (χ4n) is 0.455. The summed E-state index contributed by atoms with van der Waals surface area (Å²) in [6.45, 7) is 0. The van der Waals surface area contributed by atoms with Crippen LogP contribution >= 0.6 is 27.5 Å². The summed E-state index contributed by atoms with van der Waals surface area (Å²) in [6, 6.07) is 3.80. The van der Waals surface area contributed by atoms with Gasteiger partial charge in [0.2, 0.25) is 0 Å². The molecule has 1 heterocycles. The van der Waals surface area contributed by atoms with Crippen LogP contribution in [0.15, 0.2) is 16.6 Å². The summed E-state index contributed by atoms with van der Waals surface area (Å²) in [7, 11) is 0. The molecule has 0 saturated heterocycles. The molecule has 0 spiro atoms. The van der Waals surface area contributed by atoms with Gasteiger partial charge in [0.1, 0.15) is 0 Å². The molecule has 0 fully saturated rings. The molecule has 0 bridgehead atoms. The van der Waals surface area contributed by atoms with Crippen molar-refractivity contribution >= 4 is 53.1 Å². The summed E-state index contributed by atoms with van der Waals surface area (Å²) in [5.41, 5.74) is 0. The Morgan fingerprint density at radius 3 is 2.50 bits per heavy atom. The zero-order valence-electron chi connectivity index (χ0n) is 4.94. The molecule has 0 atom stereocenters. The zero-order chi connectivity index (χ0) is 6.85. The Bertz CT molecular complexity index is 231. The van der Waals surface area contributed by atoms with Gasteiger partial charge in [0.15, 0.2) is 0 Å². The summed E-state index contributed by atoms with van der Waals surface area (Å²) in [4.78, 5) is 4.00. The maximum absolute atomic E-state index is 5.66. The predicted octanol–water partition coefficient (Wildman–Crippen LogP) is -1.70. The first-order chi connectivity index (χ1) is 4.20. The zero-order valence-corrected chi connectivity index (χ0v) is 9.45. The normalized spacial score (nSPS) is 8.80. The van der Waals surface area contributed by atoms with Crippen molar-refractivity contribution in [3.63, 3.8) is 0 Å². The summed E-state index contributed by atoms with van der Waals surface area (Å²) in [6.07, 6.45) is 0. The van der Waals surface area contributed by atoms with Crippen LogP contribution in [0.2, 0.25) is 5.15 Å². The molecule has 0 saturated carbocycles. The van der Waals surface area contributed by atoms with Crippen molar-refractivity contribution in [3.8, 4) is 0 Å². The SMILES string of the molecule is [Cl-].[Mg+][c]1ccc(Br)c(Cl)n1. The van der Waals surface area contributed by atoms with Gasteiger partial charge in [-0.1, -0.05) is 0 Å². The molecule has 0 aliphatic carbocycles. The van der Waals surface area contributed by atoms with Crippen molar-refractivity contribution in [1.82, 2.24) is 4.98 Å². The van der Waals surface area contributed by atoms with Crippen LogP contribution in [0.1, 0.15) is 0 Å². The monoisotopic (exact) mass is 249 g/mol. The predicted molar refractivity (Wildman–Crippen MR) is 42.3 cm³/mol.